The van der Waals surface area contributed by atoms with Gasteiger partial charge in [-0.05, 0) is 25.5 Å². The van der Waals surface area contributed by atoms with Gasteiger partial charge in [0.2, 0.25) is 0 Å². The molecule has 1 heterocycles. The molecule has 0 amide bonds. The van der Waals surface area contributed by atoms with Crippen molar-refractivity contribution in [2.75, 3.05) is 0 Å². The predicted molar refractivity (Wildman–Crippen MR) is 49.8 cm³/mol. The second-order valence-electron chi connectivity index (χ2n) is 1.87. The first-order valence-electron chi connectivity index (χ1n) is 3.88. The summed E-state index contributed by atoms with van der Waals surface area (Å²) in [7, 11) is 0. The summed E-state index contributed by atoms with van der Waals surface area (Å²) in [6.07, 6.45) is 1.18. The lowest BCUT2D eigenvalue weighted by molar-refractivity contribution is 1.19. The monoisotopic (exact) mass is 156 g/mol. The first-order valence-corrected chi connectivity index (χ1v) is 4.70. The Bertz CT molecular complexity index is 165. The molecule has 0 N–H and O–H groups in total. The van der Waals surface area contributed by atoms with Crippen LogP contribution >= 0.6 is 11.3 Å². The van der Waals surface area contributed by atoms with E-state index in [0.717, 1.165) is 0 Å². The third kappa shape index (κ3) is 3.02. The van der Waals surface area contributed by atoms with Gasteiger partial charge in [0.25, 0.3) is 0 Å². The minimum atomic E-state index is 1.18. The molecule has 0 nitrogen and oxygen atoms in total. The maximum absolute atomic E-state index is 2.19. The normalized spacial score (nSPS) is 8.40. The van der Waals surface area contributed by atoms with Gasteiger partial charge in [-0.25, -0.2) is 0 Å². The fourth-order valence-corrected chi connectivity index (χ4v) is 1.51. The molecule has 1 rings (SSSR count). The quantitative estimate of drug-likeness (QED) is 0.582. The van der Waals surface area contributed by atoms with Crippen LogP contribution in [0.25, 0.3) is 0 Å². The number of hydrogen-bond donors (Lipinski definition) is 0. The van der Waals surface area contributed by atoms with E-state index in [0.29, 0.717) is 0 Å². The van der Waals surface area contributed by atoms with Crippen LogP contribution in [0.1, 0.15) is 30.5 Å². The number of hydrogen-bond acceptors (Lipinski definition) is 1. The zero-order chi connectivity index (χ0) is 7.98. The Kier molecular flexibility index (Phi) is 5.32. The molecule has 58 valence electrons. The smallest absolute Gasteiger partial charge is 0.00453 e. The van der Waals surface area contributed by atoms with Gasteiger partial charge in [0.15, 0.2) is 0 Å². The lowest BCUT2D eigenvalue weighted by Crippen LogP contribution is -1.63. The second kappa shape index (κ2) is 5.48. The zero-order valence-corrected chi connectivity index (χ0v) is 8.09. The van der Waals surface area contributed by atoms with Crippen molar-refractivity contribution in [1.82, 2.24) is 0 Å². The van der Waals surface area contributed by atoms with Crippen molar-refractivity contribution in [2.45, 2.75) is 34.1 Å². The summed E-state index contributed by atoms with van der Waals surface area (Å²) in [5.41, 5.74) is 0. The molecule has 0 aromatic carbocycles. The highest BCUT2D eigenvalue weighted by Gasteiger charge is 1.89. The molecular formula is C9H16S. The Morgan fingerprint density at radius 2 is 1.90 bits per heavy atom. The number of aryl methyl sites for hydroxylation is 2. The SMILES string of the molecule is CC.CCc1ccc(C)s1. The van der Waals surface area contributed by atoms with Gasteiger partial charge < -0.3 is 0 Å². The Labute approximate surface area is 67.9 Å². The van der Waals surface area contributed by atoms with Crippen LogP contribution in [-0.2, 0) is 6.42 Å². The van der Waals surface area contributed by atoms with Gasteiger partial charge in [-0.3, -0.25) is 0 Å². The largest absolute Gasteiger partial charge is 0.146 e. The Balaban J connectivity index is 0.000000371. The van der Waals surface area contributed by atoms with Crippen LogP contribution in [-0.4, -0.2) is 0 Å². The molecule has 0 spiro atoms. The Hall–Kier alpha value is -0.300. The highest BCUT2D eigenvalue weighted by Crippen LogP contribution is 2.14. The van der Waals surface area contributed by atoms with E-state index < -0.39 is 0 Å². The van der Waals surface area contributed by atoms with Crippen LogP contribution < -0.4 is 0 Å². The van der Waals surface area contributed by atoms with Crippen molar-refractivity contribution in [3.05, 3.63) is 21.9 Å². The minimum absolute atomic E-state index is 1.18. The summed E-state index contributed by atoms with van der Waals surface area (Å²) in [5.74, 6) is 0. The average molecular weight is 156 g/mol. The Morgan fingerprint density at radius 1 is 1.30 bits per heavy atom. The topological polar surface area (TPSA) is 0 Å². The molecule has 1 heteroatoms. The van der Waals surface area contributed by atoms with Gasteiger partial charge in [-0.15, -0.1) is 11.3 Å². The van der Waals surface area contributed by atoms with Crippen molar-refractivity contribution in [1.29, 1.82) is 0 Å². The van der Waals surface area contributed by atoms with E-state index in [-0.39, 0.29) is 0 Å². The van der Waals surface area contributed by atoms with Gasteiger partial charge in [-0.1, -0.05) is 20.8 Å². The van der Waals surface area contributed by atoms with Gasteiger partial charge >= 0.3 is 0 Å². The maximum Gasteiger partial charge on any atom is 0.00453 e. The number of rotatable bonds is 1. The highest BCUT2D eigenvalue weighted by molar-refractivity contribution is 7.11. The predicted octanol–water partition coefficient (Wildman–Crippen LogP) is 3.65. The first kappa shape index (κ1) is 9.70. The molecule has 0 fully saturated rings. The first-order chi connectivity index (χ1) is 4.83. The standard InChI is InChI=1S/C7H10S.C2H6/c1-3-7-5-4-6(2)8-7;1-2/h4-5H,3H2,1-2H3;1-2H3. The summed E-state index contributed by atoms with van der Waals surface area (Å²) in [6, 6.07) is 4.36. The maximum atomic E-state index is 2.19. The third-order valence-electron chi connectivity index (χ3n) is 1.14. The van der Waals surface area contributed by atoms with Crippen molar-refractivity contribution >= 4 is 11.3 Å². The highest BCUT2D eigenvalue weighted by atomic mass is 32.1. The Morgan fingerprint density at radius 3 is 2.10 bits per heavy atom. The van der Waals surface area contributed by atoms with E-state index in [4.69, 9.17) is 0 Å². The summed E-state index contributed by atoms with van der Waals surface area (Å²) < 4.78 is 0. The van der Waals surface area contributed by atoms with Crippen LogP contribution in [0.3, 0.4) is 0 Å². The molecular weight excluding hydrogens is 140 g/mol. The molecule has 10 heavy (non-hydrogen) atoms. The van der Waals surface area contributed by atoms with E-state index in [1.165, 1.54) is 16.2 Å². The molecule has 0 atom stereocenters. The molecule has 1 aromatic rings. The summed E-state index contributed by atoms with van der Waals surface area (Å²) in [6.45, 7) is 8.33. The van der Waals surface area contributed by atoms with Crippen LogP contribution in [0.5, 0.6) is 0 Å². The lowest BCUT2D eigenvalue weighted by atomic mass is 10.4. The fourth-order valence-electron chi connectivity index (χ4n) is 0.675. The van der Waals surface area contributed by atoms with Crippen LogP contribution in [0, 0.1) is 6.92 Å². The molecule has 0 bridgehead atoms. The van der Waals surface area contributed by atoms with E-state index in [2.05, 4.69) is 26.0 Å². The van der Waals surface area contributed by atoms with E-state index in [1.54, 1.807) is 0 Å². The van der Waals surface area contributed by atoms with Gasteiger partial charge in [0.1, 0.15) is 0 Å². The van der Waals surface area contributed by atoms with E-state index in [1.807, 2.05) is 25.2 Å². The molecule has 0 saturated heterocycles. The molecule has 0 aliphatic carbocycles. The lowest BCUT2D eigenvalue weighted by Gasteiger charge is -1.80. The minimum Gasteiger partial charge on any atom is -0.146 e. The summed E-state index contributed by atoms with van der Waals surface area (Å²) in [5, 5.41) is 0. The van der Waals surface area contributed by atoms with Crippen molar-refractivity contribution in [3.63, 3.8) is 0 Å². The molecule has 0 radical (unpaired) electrons. The van der Waals surface area contributed by atoms with E-state index in [9.17, 15) is 0 Å². The summed E-state index contributed by atoms with van der Waals surface area (Å²) in [4.78, 5) is 2.91. The average Bonchev–Trinajstić information content (AvgIpc) is 2.40. The fraction of sp³-hybridized carbons (Fsp3) is 0.556. The number of thiophene rings is 1. The molecule has 1 aromatic heterocycles. The second-order valence-corrected chi connectivity index (χ2v) is 3.24. The molecule has 0 aliphatic heterocycles. The van der Waals surface area contributed by atoms with E-state index >= 15 is 0 Å². The van der Waals surface area contributed by atoms with Crippen molar-refractivity contribution in [3.8, 4) is 0 Å². The van der Waals surface area contributed by atoms with Gasteiger partial charge in [-0.2, -0.15) is 0 Å². The van der Waals surface area contributed by atoms with Crippen molar-refractivity contribution in [2.24, 2.45) is 0 Å². The van der Waals surface area contributed by atoms with Crippen LogP contribution in [0.15, 0.2) is 12.1 Å². The van der Waals surface area contributed by atoms with Gasteiger partial charge in [0.05, 0.1) is 0 Å². The summed E-state index contributed by atoms with van der Waals surface area (Å²) >= 11 is 1.89. The van der Waals surface area contributed by atoms with Crippen LogP contribution in [0.4, 0.5) is 0 Å². The molecule has 0 aliphatic rings. The van der Waals surface area contributed by atoms with Crippen molar-refractivity contribution < 1.29 is 0 Å². The molecule has 0 saturated carbocycles. The molecule has 0 unspecified atom stereocenters. The third-order valence-corrected chi connectivity index (χ3v) is 2.29. The van der Waals surface area contributed by atoms with Crippen LogP contribution in [0.2, 0.25) is 0 Å². The van der Waals surface area contributed by atoms with Gasteiger partial charge in [0, 0.05) is 9.75 Å². The zero-order valence-electron chi connectivity index (χ0n) is 7.27.